The molecule has 1 atom stereocenters. The highest BCUT2D eigenvalue weighted by Crippen LogP contribution is 2.10. The summed E-state index contributed by atoms with van der Waals surface area (Å²) in [5.41, 5.74) is 0. The number of carbonyl (C=O) groups excluding carboxylic acids is 1. The molecule has 0 aromatic heterocycles. The Balaban J connectivity index is 2.61. The number of hydrogen-bond donors (Lipinski definition) is 0. The van der Waals surface area contributed by atoms with Gasteiger partial charge in [0.05, 0.1) is 0 Å². The van der Waals surface area contributed by atoms with Crippen LogP contribution in [0.25, 0.3) is 0 Å². The molecule has 0 aromatic carbocycles. The van der Waals surface area contributed by atoms with Gasteiger partial charge < -0.3 is 9.80 Å². The molecule has 11 heavy (non-hydrogen) atoms. The topological polar surface area (TPSA) is 23.6 Å². The van der Waals surface area contributed by atoms with Crippen molar-refractivity contribution in [1.82, 2.24) is 9.80 Å². The minimum atomic E-state index is 0.109. The summed E-state index contributed by atoms with van der Waals surface area (Å²) in [7, 11) is 1.82. The Morgan fingerprint density at radius 3 is 2.64 bits per heavy atom. The lowest BCUT2D eigenvalue weighted by atomic mass is 10.3. The van der Waals surface area contributed by atoms with Crippen molar-refractivity contribution >= 4 is 6.03 Å². The van der Waals surface area contributed by atoms with Gasteiger partial charge in [-0.15, -0.1) is 6.58 Å². The number of likely N-dealkylation sites (N-methyl/N-ethyl adjacent to an activating group) is 1. The third-order valence-corrected chi connectivity index (χ3v) is 2.08. The first-order valence-corrected chi connectivity index (χ1v) is 3.81. The van der Waals surface area contributed by atoms with Crippen molar-refractivity contribution in [2.75, 3.05) is 20.1 Å². The van der Waals surface area contributed by atoms with Gasteiger partial charge in [-0.25, -0.2) is 4.79 Å². The highest BCUT2D eigenvalue weighted by Gasteiger charge is 2.27. The first-order valence-electron chi connectivity index (χ1n) is 3.81. The standard InChI is InChI=1S/C8H14N2O/c1-4-7(2)10-6-5-9(3)8(10)11/h4,7H,1,5-6H2,2-3H3. The molecule has 1 unspecified atom stereocenters. The maximum absolute atomic E-state index is 11.3. The molecule has 1 aliphatic rings. The average molecular weight is 154 g/mol. The highest BCUT2D eigenvalue weighted by molar-refractivity contribution is 5.76. The Morgan fingerprint density at radius 2 is 2.27 bits per heavy atom. The van der Waals surface area contributed by atoms with E-state index in [1.165, 1.54) is 0 Å². The minimum Gasteiger partial charge on any atom is -0.326 e. The van der Waals surface area contributed by atoms with Gasteiger partial charge in [0.25, 0.3) is 0 Å². The van der Waals surface area contributed by atoms with Crippen LogP contribution in [0.4, 0.5) is 4.79 Å². The molecule has 1 heterocycles. The van der Waals surface area contributed by atoms with E-state index in [-0.39, 0.29) is 12.1 Å². The van der Waals surface area contributed by atoms with E-state index in [2.05, 4.69) is 6.58 Å². The van der Waals surface area contributed by atoms with E-state index in [1.54, 1.807) is 11.0 Å². The summed E-state index contributed by atoms with van der Waals surface area (Å²) in [5.74, 6) is 0. The summed E-state index contributed by atoms with van der Waals surface area (Å²) in [6, 6.07) is 0.268. The molecule has 0 spiro atoms. The molecule has 0 radical (unpaired) electrons. The first-order chi connectivity index (χ1) is 5.16. The lowest BCUT2D eigenvalue weighted by Gasteiger charge is -2.20. The molecule has 0 N–H and O–H groups in total. The molecule has 3 heteroatoms. The van der Waals surface area contributed by atoms with E-state index in [0.29, 0.717) is 0 Å². The van der Waals surface area contributed by atoms with Gasteiger partial charge in [0.1, 0.15) is 0 Å². The van der Waals surface area contributed by atoms with Gasteiger partial charge in [-0.3, -0.25) is 0 Å². The summed E-state index contributed by atoms with van der Waals surface area (Å²) in [5, 5.41) is 0. The minimum absolute atomic E-state index is 0.109. The Morgan fingerprint density at radius 1 is 1.64 bits per heavy atom. The van der Waals surface area contributed by atoms with Crippen molar-refractivity contribution in [1.29, 1.82) is 0 Å². The average Bonchev–Trinajstić information content (AvgIpc) is 2.32. The predicted octanol–water partition coefficient (Wildman–Crippen LogP) is 0.928. The lowest BCUT2D eigenvalue weighted by Crippen LogP contribution is -2.35. The molecular weight excluding hydrogens is 140 g/mol. The maximum atomic E-state index is 11.3. The van der Waals surface area contributed by atoms with Crippen molar-refractivity contribution < 1.29 is 4.79 Å². The largest absolute Gasteiger partial charge is 0.326 e. The van der Waals surface area contributed by atoms with E-state index < -0.39 is 0 Å². The third kappa shape index (κ3) is 1.37. The van der Waals surface area contributed by atoms with Crippen LogP contribution in [-0.4, -0.2) is 42.0 Å². The Bertz CT molecular complexity index is 179. The van der Waals surface area contributed by atoms with Gasteiger partial charge in [-0.2, -0.15) is 0 Å². The van der Waals surface area contributed by atoms with Crippen LogP contribution in [0.15, 0.2) is 12.7 Å². The molecular formula is C8H14N2O. The van der Waals surface area contributed by atoms with E-state index in [9.17, 15) is 4.79 Å². The zero-order valence-electron chi connectivity index (χ0n) is 7.08. The van der Waals surface area contributed by atoms with Crippen LogP contribution in [0, 0.1) is 0 Å². The molecule has 1 aliphatic heterocycles. The summed E-state index contributed by atoms with van der Waals surface area (Å²) in [6.45, 7) is 7.28. The van der Waals surface area contributed by atoms with Crippen molar-refractivity contribution in [2.45, 2.75) is 13.0 Å². The fourth-order valence-corrected chi connectivity index (χ4v) is 1.17. The summed E-state index contributed by atoms with van der Waals surface area (Å²) in [6.07, 6.45) is 1.79. The fraction of sp³-hybridized carbons (Fsp3) is 0.625. The molecule has 0 aromatic rings. The first kappa shape index (κ1) is 8.11. The van der Waals surface area contributed by atoms with Gasteiger partial charge in [0.2, 0.25) is 0 Å². The number of rotatable bonds is 2. The van der Waals surface area contributed by atoms with Crippen molar-refractivity contribution in [2.24, 2.45) is 0 Å². The molecule has 1 saturated heterocycles. The van der Waals surface area contributed by atoms with Crippen LogP contribution in [0.5, 0.6) is 0 Å². The second-order valence-electron chi connectivity index (χ2n) is 2.87. The molecule has 2 amide bonds. The smallest absolute Gasteiger partial charge is 0.320 e. The quantitative estimate of drug-likeness (QED) is 0.543. The highest BCUT2D eigenvalue weighted by atomic mass is 16.2. The van der Waals surface area contributed by atoms with E-state index in [0.717, 1.165) is 13.1 Å². The predicted molar refractivity (Wildman–Crippen MR) is 44.4 cm³/mol. The van der Waals surface area contributed by atoms with Gasteiger partial charge in [-0.05, 0) is 6.92 Å². The zero-order chi connectivity index (χ0) is 8.43. The number of urea groups is 1. The monoisotopic (exact) mass is 154 g/mol. The van der Waals surface area contributed by atoms with Gasteiger partial charge in [-0.1, -0.05) is 6.08 Å². The molecule has 62 valence electrons. The Kier molecular flexibility index (Phi) is 2.17. The molecule has 0 aliphatic carbocycles. The second kappa shape index (κ2) is 2.95. The van der Waals surface area contributed by atoms with Crippen molar-refractivity contribution in [3.63, 3.8) is 0 Å². The second-order valence-corrected chi connectivity index (χ2v) is 2.87. The summed E-state index contributed by atoms with van der Waals surface area (Å²) < 4.78 is 0. The lowest BCUT2D eigenvalue weighted by molar-refractivity contribution is 0.193. The van der Waals surface area contributed by atoms with E-state index in [4.69, 9.17) is 0 Å². The van der Waals surface area contributed by atoms with E-state index in [1.807, 2.05) is 18.9 Å². The van der Waals surface area contributed by atoms with Crippen molar-refractivity contribution in [3.05, 3.63) is 12.7 Å². The molecule has 0 bridgehead atoms. The molecule has 3 nitrogen and oxygen atoms in total. The zero-order valence-corrected chi connectivity index (χ0v) is 7.08. The number of amides is 2. The van der Waals surface area contributed by atoms with Crippen LogP contribution < -0.4 is 0 Å². The summed E-state index contributed by atoms with van der Waals surface area (Å²) >= 11 is 0. The summed E-state index contributed by atoms with van der Waals surface area (Å²) in [4.78, 5) is 14.8. The fourth-order valence-electron chi connectivity index (χ4n) is 1.17. The number of carbonyl (C=O) groups is 1. The Labute approximate surface area is 67.3 Å². The van der Waals surface area contributed by atoms with Crippen LogP contribution in [0.1, 0.15) is 6.92 Å². The SMILES string of the molecule is C=CC(C)N1CCN(C)C1=O. The third-order valence-electron chi connectivity index (χ3n) is 2.08. The van der Waals surface area contributed by atoms with Crippen LogP contribution in [0.3, 0.4) is 0 Å². The van der Waals surface area contributed by atoms with Crippen LogP contribution >= 0.6 is 0 Å². The van der Waals surface area contributed by atoms with Gasteiger partial charge in [0.15, 0.2) is 0 Å². The molecule has 1 rings (SSSR count). The number of nitrogens with zero attached hydrogens (tertiary/aromatic N) is 2. The Hall–Kier alpha value is -0.990. The maximum Gasteiger partial charge on any atom is 0.320 e. The van der Waals surface area contributed by atoms with Crippen molar-refractivity contribution in [3.8, 4) is 0 Å². The van der Waals surface area contributed by atoms with E-state index >= 15 is 0 Å². The molecule has 1 fully saturated rings. The van der Waals surface area contributed by atoms with Crippen LogP contribution in [0.2, 0.25) is 0 Å². The van der Waals surface area contributed by atoms with Gasteiger partial charge in [0, 0.05) is 26.2 Å². The normalized spacial score (nSPS) is 20.7. The number of hydrogen-bond acceptors (Lipinski definition) is 1. The van der Waals surface area contributed by atoms with Crippen LogP contribution in [-0.2, 0) is 0 Å². The molecule has 0 saturated carbocycles. The van der Waals surface area contributed by atoms with Gasteiger partial charge >= 0.3 is 6.03 Å².